The minimum atomic E-state index is -0.168. The molecule has 8 heteroatoms. The van der Waals surface area contributed by atoms with Crippen molar-refractivity contribution in [2.45, 2.75) is 18.7 Å². The first kappa shape index (κ1) is 15.6. The van der Waals surface area contributed by atoms with E-state index in [1.807, 2.05) is 17.0 Å². The first-order valence-corrected chi connectivity index (χ1v) is 8.08. The summed E-state index contributed by atoms with van der Waals surface area (Å²) in [5.74, 6) is -0.179. The number of aromatic nitrogens is 3. The Morgan fingerprint density at radius 3 is 2.76 bits per heavy atom. The van der Waals surface area contributed by atoms with Crippen LogP contribution in [0, 0.1) is 0 Å². The van der Waals surface area contributed by atoms with E-state index in [4.69, 9.17) is 4.74 Å². The monoisotopic (exact) mass is 339 g/mol. The van der Waals surface area contributed by atoms with Crippen LogP contribution in [0.25, 0.3) is 0 Å². The lowest BCUT2D eigenvalue weighted by Gasteiger charge is -2.36. The molecule has 2 aliphatic rings. The fourth-order valence-electron chi connectivity index (χ4n) is 3.32. The van der Waals surface area contributed by atoms with E-state index in [-0.39, 0.29) is 30.6 Å². The molecule has 0 spiro atoms. The number of fused-ring (bicyclic) bond motifs is 1. The number of amides is 2. The molecule has 2 amide bonds. The van der Waals surface area contributed by atoms with E-state index in [0.29, 0.717) is 25.2 Å². The van der Waals surface area contributed by atoms with Crippen molar-refractivity contribution >= 4 is 11.8 Å². The molecule has 2 aliphatic heterocycles. The normalized spacial score (nSPS) is 22.8. The van der Waals surface area contributed by atoms with E-state index in [1.165, 1.54) is 12.4 Å². The average Bonchev–Trinajstić information content (AvgIpc) is 3.10. The van der Waals surface area contributed by atoms with E-state index >= 15 is 0 Å². The molecule has 4 rings (SSSR count). The number of pyridine rings is 1. The van der Waals surface area contributed by atoms with Crippen LogP contribution in [0.1, 0.15) is 15.9 Å². The first-order chi connectivity index (χ1) is 12.2. The third kappa shape index (κ3) is 3.08. The van der Waals surface area contributed by atoms with Gasteiger partial charge in [-0.25, -0.2) is 0 Å². The fourth-order valence-corrected chi connectivity index (χ4v) is 3.32. The van der Waals surface area contributed by atoms with E-state index in [1.54, 1.807) is 23.4 Å². The predicted molar refractivity (Wildman–Crippen MR) is 86.3 cm³/mol. The highest BCUT2D eigenvalue weighted by Gasteiger charge is 2.44. The van der Waals surface area contributed by atoms with Gasteiger partial charge in [0.25, 0.3) is 5.91 Å². The van der Waals surface area contributed by atoms with Crippen LogP contribution in [0.4, 0.5) is 0 Å². The van der Waals surface area contributed by atoms with Crippen molar-refractivity contribution in [1.82, 2.24) is 25.0 Å². The molecule has 2 aromatic rings. The van der Waals surface area contributed by atoms with Gasteiger partial charge < -0.3 is 14.5 Å². The standard InChI is InChI=1S/C17H17N5O3/c23-16-11-25-15-10-21(17(24)13-3-6-19-20-7-13)9-14(15)22(16)8-12-1-4-18-5-2-12/h1-7,14-15H,8-11H2/t14-,15-/m1/s1. The lowest BCUT2D eigenvalue weighted by atomic mass is 10.1. The Morgan fingerprint density at radius 1 is 1.16 bits per heavy atom. The van der Waals surface area contributed by atoms with Crippen LogP contribution >= 0.6 is 0 Å². The molecule has 0 saturated carbocycles. The SMILES string of the molecule is O=C(c1ccnnc1)N1C[C@@H]2[C@@H](C1)OCC(=O)N2Cc1ccncc1. The van der Waals surface area contributed by atoms with Gasteiger partial charge in [0.15, 0.2) is 0 Å². The van der Waals surface area contributed by atoms with Gasteiger partial charge in [0.1, 0.15) is 6.61 Å². The van der Waals surface area contributed by atoms with Gasteiger partial charge in [0, 0.05) is 32.0 Å². The van der Waals surface area contributed by atoms with Crippen molar-refractivity contribution in [1.29, 1.82) is 0 Å². The van der Waals surface area contributed by atoms with E-state index in [9.17, 15) is 9.59 Å². The number of rotatable bonds is 3. The molecule has 2 aromatic heterocycles. The van der Waals surface area contributed by atoms with Crippen LogP contribution in [0.5, 0.6) is 0 Å². The number of likely N-dealkylation sites (tertiary alicyclic amines) is 1. The number of hydrogen-bond donors (Lipinski definition) is 0. The maximum Gasteiger partial charge on any atom is 0.255 e. The molecule has 0 N–H and O–H groups in total. The molecule has 2 fully saturated rings. The second-order valence-corrected chi connectivity index (χ2v) is 6.14. The van der Waals surface area contributed by atoms with Crippen molar-refractivity contribution in [3.8, 4) is 0 Å². The lowest BCUT2D eigenvalue weighted by molar-refractivity contribution is -0.153. The Balaban J connectivity index is 1.52. The number of morpholine rings is 1. The van der Waals surface area contributed by atoms with E-state index in [0.717, 1.165) is 5.56 Å². The molecule has 25 heavy (non-hydrogen) atoms. The van der Waals surface area contributed by atoms with Gasteiger partial charge in [-0.3, -0.25) is 14.6 Å². The minimum absolute atomic E-state index is 0.0467. The van der Waals surface area contributed by atoms with Gasteiger partial charge in [0.2, 0.25) is 5.91 Å². The van der Waals surface area contributed by atoms with Crippen molar-refractivity contribution in [3.63, 3.8) is 0 Å². The number of ether oxygens (including phenoxy) is 1. The molecule has 128 valence electrons. The van der Waals surface area contributed by atoms with Crippen molar-refractivity contribution in [3.05, 3.63) is 54.1 Å². The van der Waals surface area contributed by atoms with Crippen LogP contribution in [0.15, 0.2) is 43.0 Å². The average molecular weight is 339 g/mol. The Bertz CT molecular complexity index is 770. The van der Waals surface area contributed by atoms with E-state index in [2.05, 4.69) is 15.2 Å². The summed E-state index contributed by atoms with van der Waals surface area (Å²) in [6.07, 6.45) is 6.19. The molecular formula is C17H17N5O3. The highest BCUT2D eigenvalue weighted by atomic mass is 16.5. The molecule has 0 bridgehead atoms. The zero-order valence-corrected chi connectivity index (χ0v) is 13.5. The molecule has 4 heterocycles. The Kier molecular flexibility index (Phi) is 4.10. The summed E-state index contributed by atoms with van der Waals surface area (Å²) in [5, 5.41) is 7.44. The van der Waals surface area contributed by atoms with Crippen molar-refractivity contribution < 1.29 is 14.3 Å². The number of nitrogens with zero attached hydrogens (tertiary/aromatic N) is 5. The fraction of sp³-hybridized carbons (Fsp3) is 0.353. The highest BCUT2D eigenvalue weighted by Crippen LogP contribution is 2.26. The van der Waals surface area contributed by atoms with Crippen LogP contribution in [-0.4, -0.2) is 68.6 Å². The van der Waals surface area contributed by atoms with Gasteiger partial charge in [-0.05, 0) is 23.8 Å². The van der Waals surface area contributed by atoms with Crippen LogP contribution in [0.3, 0.4) is 0 Å². The predicted octanol–water partition coefficient (Wildman–Crippen LogP) is 0.124. The van der Waals surface area contributed by atoms with Crippen LogP contribution in [0.2, 0.25) is 0 Å². The first-order valence-electron chi connectivity index (χ1n) is 8.08. The number of hydrogen-bond acceptors (Lipinski definition) is 6. The number of carbonyl (C=O) groups excluding carboxylic acids is 2. The van der Waals surface area contributed by atoms with Gasteiger partial charge in [0.05, 0.1) is 30.1 Å². The zero-order valence-electron chi connectivity index (χ0n) is 13.5. The Hall–Kier alpha value is -2.87. The summed E-state index contributed by atoms with van der Waals surface area (Å²) in [6.45, 7) is 1.45. The molecule has 0 aliphatic carbocycles. The third-order valence-corrected chi connectivity index (χ3v) is 4.60. The maximum atomic E-state index is 12.6. The third-order valence-electron chi connectivity index (χ3n) is 4.60. The zero-order chi connectivity index (χ0) is 17.2. The summed E-state index contributed by atoms with van der Waals surface area (Å²) < 4.78 is 5.67. The molecule has 2 atom stereocenters. The molecule has 8 nitrogen and oxygen atoms in total. The molecular weight excluding hydrogens is 322 g/mol. The van der Waals surface area contributed by atoms with Gasteiger partial charge >= 0.3 is 0 Å². The second kappa shape index (κ2) is 6.56. The molecule has 0 radical (unpaired) electrons. The van der Waals surface area contributed by atoms with Crippen LogP contribution in [-0.2, 0) is 16.1 Å². The van der Waals surface area contributed by atoms with Gasteiger partial charge in [-0.2, -0.15) is 10.2 Å². The largest absolute Gasteiger partial charge is 0.364 e. The summed E-state index contributed by atoms with van der Waals surface area (Å²) in [7, 11) is 0. The van der Waals surface area contributed by atoms with Gasteiger partial charge in [-0.15, -0.1) is 0 Å². The topological polar surface area (TPSA) is 88.5 Å². The lowest BCUT2D eigenvalue weighted by Crippen LogP contribution is -2.53. The summed E-state index contributed by atoms with van der Waals surface area (Å²) in [5.41, 5.74) is 1.49. The molecule has 0 aromatic carbocycles. The highest BCUT2D eigenvalue weighted by molar-refractivity contribution is 5.94. The summed E-state index contributed by atoms with van der Waals surface area (Å²) >= 11 is 0. The van der Waals surface area contributed by atoms with Crippen molar-refractivity contribution in [2.24, 2.45) is 0 Å². The molecule has 2 saturated heterocycles. The van der Waals surface area contributed by atoms with Crippen molar-refractivity contribution in [2.75, 3.05) is 19.7 Å². The Morgan fingerprint density at radius 2 is 2.00 bits per heavy atom. The minimum Gasteiger partial charge on any atom is -0.364 e. The maximum absolute atomic E-state index is 12.6. The smallest absolute Gasteiger partial charge is 0.255 e. The second-order valence-electron chi connectivity index (χ2n) is 6.14. The molecule has 0 unspecified atom stereocenters. The summed E-state index contributed by atoms with van der Waals surface area (Å²) in [4.78, 5) is 32.5. The van der Waals surface area contributed by atoms with Crippen LogP contribution < -0.4 is 0 Å². The summed E-state index contributed by atoms with van der Waals surface area (Å²) in [6, 6.07) is 5.27. The quantitative estimate of drug-likeness (QED) is 0.789. The number of carbonyl (C=O) groups is 2. The van der Waals surface area contributed by atoms with Gasteiger partial charge in [-0.1, -0.05) is 0 Å². The van der Waals surface area contributed by atoms with E-state index < -0.39 is 0 Å². The Labute approximate surface area is 144 Å².